The Morgan fingerprint density at radius 2 is 1.72 bits per heavy atom. The van der Waals surface area contributed by atoms with Crippen molar-refractivity contribution in [3.05, 3.63) is 58.7 Å². The van der Waals surface area contributed by atoms with Gasteiger partial charge in [-0.05, 0) is 104 Å². The Morgan fingerprint density at radius 1 is 1.06 bits per heavy atom. The van der Waals surface area contributed by atoms with E-state index >= 15 is 0 Å². The number of benzene rings is 2. The quantitative estimate of drug-likeness (QED) is 0.441. The summed E-state index contributed by atoms with van der Waals surface area (Å²) in [6.07, 6.45) is 6.01. The second-order valence-electron chi connectivity index (χ2n) is 8.27. The Balaban J connectivity index is 1.49. The molecule has 6 nitrogen and oxygen atoms in total. The SMILES string of the molecule is CCOc1ccc(N2C(=O)/C(=C\c3cc4c5c(c3)CCCN5CCC4)C(=O)NC2=S)cc1. The van der Waals surface area contributed by atoms with Gasteiger partial charge in [0.05, 0.1) is 12.3 Å². The average Bonchev–Trinajstić information content (AvgIpc) is 2.78. The number of carbonyl (C=O) groups excluding carboxylic acids is 2. The molecule has 1 N–H and O–H groups in total. The van der Waals surface area contributed by atoms with Gasteiger partial charge in [0.15, 0.2) is 5.11 Å². The summed E-state index contributed by atoms with van der Waals surface area (Å²) in [7, 11) is 0. The van der Waals surface area contributed by atoms with Crippen molar-refractivity contribution in [2.45, 2.75) is 32.6 Å². The molecule has 3 heterocycles. The van der Waals surface area contributed by atoms with Crippen molar-refractivity contribution in [1.82, 2.24) is 5.32 Å². The summed E-state index contributed by atoms with van der Waals surface area (Å²) in [6.45, 7) is 4.69. The minimum absolute atomic E-state index is 0.0810. The zero-order chi connectivity index (χ0) is 22.2. The summed E-state index contributed by atoms with van der Waals surface area (Å²) in [6, 6.07) is 11.4. The van der Waals surface area contributed by atoms with Crippen LogP contribution in [0.4, 0.5) is 11.4 Å². The van der Waals surface area contributed by atoms with Crippen LogP contribution in [0.2, 0.25) is 0 Å². The fourth-order valence-electron chi connectivity index (χ4n) is 4.83. The maximum absolute atomic E-state index is 13.3. The first-order valence-corrected chi connectivity index (χ1v) is 11.5. The number of amides is 2. The predicted octanol–water partition coefficient (Wildman–Crippen LogP) is 3.62. The Kier molecular flexibility index (Phi) is 5.43. The maximum atomic E-state index is 13.3. The number of rotatable bonds is 4. The Bertz CT molecular complexity index is 1110. The van der Waals surface area contributed by atoms with Crippen molar-refractivity contribution in [2.24, 2.45) is 0 Å². The number of nitrogens with one attached hydrogen (secondary N) is 1. The van der Waals surface area contributed by atoms with E-state index in [1.165, 1.54) is 21.7 Å². The topological polar surface area (TPSA) is 61.9 Å². The molecule has 0 spiro atoms. The first-order valence-electron chi connectivity index (χ1n) is 11.1. The number of hydrogen-bond acceptors (Lipinski definition) is 5. The zero-order valence-electron chi connectivity index (χ0n) is 18.0. The molecular formula is C25H25N3O3S. The van der Waals surface area contributed by atoms with Crippen LogP contribution >= 0.6 is 12.2 Å². The van der Waals surface area contributed by atoms with E-state index in [1.54, 1.807) is 30.3 Å². The van der Waals surface area contributed by atoms with Crippen molar-refractivity contribution in [1.29, 1.82) is 0 Å². The van der Waals surface area contributed by atoms with Crippen LogP contribution in [0.1, 0.15) is 36.5 Å². The number of thiocarbonyl (C=S) groups is 1. The lowest BCUT2D eigenvalue weighted by molar-refractivity contribution is -0.122. The molecule has 0 bridgehead atoms. The number of anilines is 2. The second-order valence-corrected chi connectivity index (χ2v) is 8.65. The lowest BCUT2D eigenvalue weighted by atomic mass is 9.89. The third-order valence-corrected chi connectivity index (χ3v) is 6.46. The van der Waals surface area contributed by atoms with E-state index in [0.717, 1.165) is 44.3 Å². The third kappa shape index (κ3) is 3.66. The molecule has 2 amide bonds. The average molecular weight is 448 g/mol. The number of ether oxygens (including phenoxy) is 1. The van der Waals surface area contributed by atoms with Crippen LogP contribution in [0.25, 0.3) is 6.08 Å². The summed E-state index contributed by atoms with van der Waals surface area (Å²) in [4.78, 5) is 29.9. The van der Waals surface area contributed by atoms with Crippen molar-refractivity contribution >= 4 is 46.6 Å². The molecule has 0 radical (unpaired) electrons. The fraction of sp³-hybridized carbons (Fsp3) is 0.320. The molecule has 164 valence electrons. The molecule has 2 aromatic rings. The molecule has 1 fully saturated rings. The molecule has 3 aliphatic heterocycles. The monoisotopic (exact) mass is 447 g/mol. The van der Waals surface area contributed by atoms with Crippen molar-refractivity contribution in [3.63, 3.8) is 0 Å². The first-order chi connectivity index (χ1) is 15.5. The molecule has 0 aliphatic carbocycles. The highest BCUT2D eigenvalue weighted by Crippen LogP contribution is 2.36. The van der Waals surface area contributed by atoms with E-state index in [-0.39, 0.29) is 10.7 Å². The van der Waals surface area contributed by atoms with E-state index < -0.39 is 11.8 Å². The minimum atomic E-state index is -0.463. The van der Waals surface area contributed by atoms with Crippen LogP contribution in [-0.4, -0.2) is 36.6 Å². The smallest absolute Gasteiger partial charge is 0.270 e. The number of aryl methyl sites for hydroxylation is 2. The molecule has 0 unspecified atom stereocenters. The van der Waals surface area contributed by atoms with Gasteiger partial charge >= 0.3 is 0 Å². The van der Waals surface area contributed by atoms with Crippen LogP contribution in [0, 0.1) is 0 Å². The molecule has 7 heteroatoms. The molecule has 3 aliphatic rings. The van der Waals surface area contributed by atoms with Gasteiger partial charge in [-0.1, -0.05) is 0 Å². The van der Waals surface area contributed by atoms with E-state index in [1.807, 2.05) is 6.92 Å². The summed E-state index contributed by atoms with van der Waals surface area (Å²) >= 11 is 5.31. The summed E-state index contributed by atoms with van der Waals surface area (Å²) in [5, 5.41) is 2.75. The van der Waals surface area contributed by atoms with E-state index in [2.05, 4.69) is 22.3 Å². The van der Waals surface area contributed by atoms with Gasteiger partial charge in [0.1, 0.15) is 11.3 Å². The van der Waals surface area contributed by atoms with E-state index in [0.29, 0.717) is 18.0 Å². The summed E-state index contributed by atoms with van der Waals surface area (Å²) in [5.41, 5.74) is 5.54. The third-order valence-electron chi connectivity index (χ3n) is 6.17. The fourth-order valence-corrected chi connectivity index (χ4v) is 5.11. The minimum Gasteiger partial charge on any atom is -0.494 e. The van der Waals surface area contributed by atoms with Gasteiger partial charge < -0.3 is 9.64 Å². The van der Waals surface area contributed by atoms with Gasteiger partial charge in [-0.15, -0.1) is 0 Å². The van der Waals surface area contributed by atoms with Gasteiger partial charge in [-0.2, -0.15) is 0 Å². The van der Waals surface area contributed by atoms with Gasteiger partial charge in [0.25, 0.3) is 11.8 Å². The molecule has 32 heavy (non-hydrogen) atoms. The van der Waals surface area contributed by atoms with Gasteiger partial charge in [0.2, 0.25) is 0 Å². The van der Waals surface area contributed by atoms with Crippen molar-refractivity contribution in [2.75, 3.05) is 29.5 Å². The van der Waals surface area contributed by atoms with E-state index in [4.69, 9.17) is 17.0 Å². The van der Waals surface area contributed by atoms with Crippen LogP contribution in [-0.2, 0) is 22.4 Å². The number of hydrogen-bond donors (Lipinski definition) is 1. The molecule has 0 atom stereocenters. The highest BCUT2D eigenvalue weighted by molar-refractivity contribution is 7.80. The molecule has 5 rings (SSSR count). The summed E-state index contributed by atoms with van der Waals surface area (Å²) < 4.78 is 5.48. The Morgan fingerprint density at radius 3 is 2.34 bits per heavy atom. The Labute approximate surface area is 192 Å². The lowest BCUT2D eigenvalue weighted by Gasteiger charge is -2.37. The maximum Gasteiger partial charge on any atom is 0.270 e. The number of nitrogens with zero attached hydrogens (tertiary/aromatic N) is 2. The number of carbonyl (C=O) groups is 2. The lowest BCUT2D eigenvalue weighted by Crippen LogP contribution is -2.54. The van der Waals surface area contributed by atoms with Crippen LogP contribution in [0.15, 0.2) is 42.0 Å². The second kappa shape index (κ2) is 8.39. The van der Waals surface area contributed by atoms with Gasteiger partial charge in [-0.3, -0.25) is 19.8 Å². The van der Waals surface area contributed by atoms with Crippen LogP contribution in [0.5, 0.6) is 5.75 Å². The highest BCUT2D eigenvalue weighted by atomic mass is 32.1. The normalized spacial score (nSPS) is 19.2. The predicted molar refractivity (Wildman–Crippen MR) is 129 cm³/mol. The van der Waals surface area contributed by atoms with Crippen LogP contribution in [0.3, 0.4) is 0 Å². The first kappa shape index (κ1) is 20.7. The molecular weight excluding hydrogens is 422 g/mol. The Hall–Kier alpha value is -3.19. The molecule has 1 saturated heterocycles. The van der Waals surface area contributed by atoms with Crippen molar-refractivity contribution in [3.8, 4) is 5.75 Å². The molecule has 2 aromatic carbocycles. The van der Waals surface area contributed by atoms with Gasteiger partial charge in [-0.25, -0.2) is 0 Å². The van der Waals surface area contributed by atoms with E-state index in [9.17, 15) is 9.59 Å². The van der Waals surface area contributed by atoms with Crippen molar-refractivity contribution < 1.29 is 14.3 Å². The molecule has 0 aromatic heterocycles. The zero-order valence-corrected chi connectivity index (χ0v) is 18.8. The highest BCUT2D eigenvalue weighted by Gasteiger charge is 2.34. The standard InChI is InChI=1S/C25H25N3O3S/c1-2-31-20-9-7-19(8-10-20)28-24(30)21(23(29)26-25(28)32)15-16-13-17-5-3-11-27-12-4-6-18(14-16)22(17)27/h7-10,13-15H,2-6,11-12H2,1H3,(H,26,29,32)/b21-15-. The summed E-state index contributed by atoms with van der Waals surface area (Å²) in [5.74, 6) is -0.172. The molecule has 0 saturated carbocycles. The van der Waals surface area contributed by atoms with Gasteiger partial charge in [0, 0.05) is 18.8 Å². The largest absolute Gasteiger partial charge is 0.494 e. The van der Waals surface area contributed by atoms with Crippen LogP contribution < -0.4 is 19.9 Å².